The molecule has 0 saturated heterocycles. The van der Waals surface area contributed by atoms with Crippen LogP contribution in [0.5, 0.6) is 0 Å². The third-order valence-electron chi connectivity index (χ3n) is 4.46. The molecule has 0 atom stereocenters. The quantitative estimate of drug-likeness (QED) is 0.492. The molecule has 0 aliphatic rings. The van der Waals surface area contributed by atoms with E-state index in [2.05, 4.69) is 20.6 Å². The Morgan fingerprint density at radius 2 is 1.91 bits per heavy atom. The van der Waals surface area contributed by atoms with Gasteiger partial charge in [0.1, 0.15) is 0 Å². The highest BCUT2D eigenvalue weighted by molar-refractivity contribution is 6.30. The van der Waals surface area contributed by atoms with E-state index in [0.717, 1.165) is 9.25 Å². The maximum Gasteiger partial charge on any atom is 0.352 e. The molecule has 162 valence electrons. The number of rotatable bonds is 5. The first-order valence-electron chi connectivity index (χ1n) is 9.49. The van der Waals surface area contributed by atoms with Gasteiger partial charge in [0.2, 0.25) is 11.6 Å². The Hall–Kier alpha value is -4.05. The smallest absolute Gasteiger partial charge is 0.332 e. The van der Waals surface area contributed by atoms with Crippen molar-refractivity contribution in [3.05, 3.63) is 85.8 Å². The molecular formula is C21H17ClN6O4. The lowest BCUT2D eigenvalue weighted by Gasteiger charge is -2.12. The summed E-state index contributed by atoms with van der Waals surface area (Å²) in [4.78, 5) is 41.9. The molecule has 1 amide bonds. The summed E-state index contributed by atoms with van der Waals surface area (Å²) in [6.45, 7) is 2.95. The van der Waals surface area contributed by atoms with Crippen molar-refractivity contribution < 1.29 is 9.32 Å². The van der Waals surface area contributed by atoms with Gasteiger partial charge >= 0.3 is 5.69 Å². The average molecular weight is 453 g/mol. The summed E-state index contributed by atoms with van der Waals surface area (Å²) in [5, 5.41) is 11.1. The summed E-state index contributed by atoms with van der Waals surface area (Å²) < 4.78 is 7.21. The second kappa shape index (κ2) is 8.60. The topological polar surface area (TPSA) is 125 Å². The Balaban J connectivity index is 1.92. The lowest BCUT2D eigenvalue weighted by Crippen LogP contribution is -2.42. The van der Waals surface area contributed by atoms with E-state index in [1.165, 1.54) is 6.92 Å². The number of anilines is 1. The number of benzene rings is 2. The molecule has 0 fully saturated rings. The van der Waals surface area contributed by atoms with Gasteiger partial charge in [0, 0.05) is 17.6 Å². The molecule has 0 unspecified atom stereocenters. The standard InChI is InChI=1S/C21H17ClN6O4/c1-12-23-19(32-26-12)18-20(30)27(11-14-6-8-15(22)9-7-14)21(31)28(25-18)17-5-3-4-16(10-17)24-13(2)29/h3-10H,11H2,1-2H3,(H,24,29). The minimum atomic E-state index is -0.678. The molecule has 2 aromatic heterocycles. The van der Waals surface area contributed by atoms with Gasteiger partial charge in [-0.15, -0.1) is 0 Å². The number of carbonyl (C=O) groups is 1. The fourth-order valence-corrected chi connectivity index (χ4v) is 3.17. The van der Waals surface area contributed by atoms with Crippen LogP contribution in [0, 0.1) is 6.92 Å². The normalized spacial score (nSPS) is 10.8. The zero-order valence-electron chi connectivity index (χ0n) is 17.1. The molecule has 0 bridgehead atoms. The molecule has 2 aromatic carbocycles. The van der Waals surface area contributed by atoms with E-state index in [4.69, 9.17) is 16.1 Å². The van der Waals surface area contributed by atoms with E-state index in [0.29, 0.717) is 27.8 Å². The first-order chi connectivity index (χ1) is 15.3. The van der Waals surface area contributed by atoms with Crippen molar-refractivity contribution in [3.8, 4) is 17.3 Å². The van der Waals surface area contributed by atoms with Crippen molar-refractivity contribution in [2.75, 3.05) is 5.32 Å². The second-order valence-corrected chi connectivity index (χ2v) is 7.38. The number of hydrogen-bond acceptors (Lipinski definition) is 7. The van der Waals surface area contributed by atoms with Crippen molar-refractivity contribution in [3.63, 3.8) is 0 Å². The zero-order valence-corrected chi connectivity index (χ0v) is 17.8. The predicted octanol–water partition coefficient (Wildman–Crippen LogP) is 2.41. The van der Waals surface area contributed by atoms with Crippen LogP contribution in [-0.4, -0.2) is 30.4 Å². The molecule has 10 nitrogen and oxygen atoms in total. The van der Waals surface area contributed by atoms with Crippen molar-refractivity contribution in [1.29, 1.82) is 0 Å². The van der Waals surface area contributed by atoms with Crippen molar-refractivity contribution in [2.24, 2.45) is 0 Å². The number of carbonyl (C=O) groups excluding carboxylic acids is 1. The largest absolute Gasteiger partial charge is 0.352 e. The van der Waals surface area contributed by atoms with Crippen molar-refractivity contribution in [2.45, 2.75) is 20.4 Å². The van der Waals surface area contributed by atoms with Gasteiger partial charge in [0.05, 0.1) is 12.2 Å². The highest BCUT2D eigenvalue weighted by atomic mass is 35.5. The minimum Gasteiger partial charge on any atom is -0.332 e. The van der Waals surface area contributed by atoms with Gasteiger partial charge in [-0.1, -0.05) is 35.0 Å². The molecule has 0 spiro atoms. The Labute approximate surface area is 186 Å². The number of aromatic nitrogens is 5. The Morgan fingerprint density at radius 1 is 1.16 bits per heavy atom. The summed E-state index contributed by atoms with van der Waals surface area (Å²) in [7, 11) is 0. The van der Waals surface area contributed by atoms with Gasteiger partial charge in [-0.2, -0.15) is 14.8 Å². The second-order valence-electron chi connectivity index (χ2n) is 6.94. The van der Waals surface area contributed by atoms with Gasteiger partial charge in [-0.3, -0.25) is 14.2 Å². The summed E-state index contributed by atoms with van der Waals surface area (Å²) in [5.41, 5.74) is -0.0409. The van der Waals surface area contributed by atoms with Crippen LogP contribution in [0.4, 0.5) is 5.69 Å². The van der Waals surface area contributed by atoms with Gasteiger partial charge in [-0.25, -0.2) is 4.79 Å². The molecule has 11 heteroatoms. The summed E-state index contributed by atoms with van der Waals surface area (Å²) in [5.74, 6) is -0.0582. The van der Waals surface area contributed by atoms with Gasteiger partial charge in [-0.05, 0) is 42.8 Å². The van der Waals surface area contributed by atoms with Crippen LogP contribution in [0.3, 0.4) is 0 Å². The monoisotopic (exact) mass is 452 g/mol. The van der Waals surface area contributed by atoms with Crippen LogP contribution in [0.15, 0.2) is 62.6 Å². The molecule has 2 heterocycles. The van der Waals surface area contributed by atoms with E-state index in [1.807, 2.05) is 0 Å². The molecule has 0 saturated carbocycles. The average Bonchev–Trinajstić information content (AvgIpc) is 3.18. The van der Waals surface area contributed by atoms with Crippen LogP contribution in [-0.2, 0) is 11.3 Å². The number of nitrogens with one attached hydrogen (secondary N) is 1. The summed E-state index contributed by atoms with van der Waals surface area (Å²) >= 11 is 5.94. The highest BCUT2D eigenvalue weighted by Crippen LogP contribution is 2.15. The number of nitrogens with zero attached hydrogens (tertiary/aromatic N) is 5. The number of aryl methyl sites for hydroxylation is 1. The maximum absolute atomic E-state index is 13.3. The molecule has 4 rings (SSSR count). The van der Waals surface area contributed by atoms with Crippen LogP contribution in [0.2, 0.25) is 5.02 Å². The molecule has 1 N–H and O–H groups in total. The third kappa shape index (κ3) is 4.35. The lowest BCUT2D eigenvalue weighted by atomic mass is 10.2. The van der Waals surface area contributed by atoms with Crippen LogP contribution >= 0.6 is 11.6 Å². The van der Waals surface area contributed by atoms with E-state index in [9.17, 15) is 14.4 Å². The summed E-state index contributed by atoms with van der Waals surface area (Å²) in [6, 6.07) is 13.3. The van der Waals surface area contributed by atoms with Gasteiger partial charge in [0.25, 0.3) is 11.4 Å². The minimum absolute atomic E-state index is 0.0249. The fourth-order valence-electron chi connectivity index (χ4n) is 3.04. The number of amides is 1. The van der Waals surface area contributed by atoms with E-state index in [1.54, 1.807) is 55.5 Å². The van der Waals surface area contributed by atoms with Crippen molar-refractivity contribution >= 4 is 23.2 Å². The van der Waals surface area contributed by atoms with Crippen LogP contribution in [0.1, 0.15) is 18.3 Å². The Kier molecular flexibility index (Phi) is 5.69. The summed E-state index contributed by atoms with van der Waals surface area (Å²) in [6.07, 6.45) is 0. The van der Waals surface area contributed by atoms with Gasteiger partial charge < -0.3 is 9.84 Å². The van der Waals surface area contributed by atoms with Crippen molar-refractivity contribution in [1.82, 2.24) is 24.5 Å². The molecule has 0 aliphatic carbocycles. The van der Waals surface area contributed by atoms with Crippen LogP contribution < -0.4 is 16.6 Å². The van der Waals surface area contributed by atoms with Crippen LogP contribution in [0.25, 0.3) is 17.3 Å². The van der Waals surface area contributed by atoms with Gasteiger partial charge in [0.15, 0.2) is 5.82 Å². The SMILES string of the molecule is CC(=O)Nc1cccc(-n2nc(-c3nc(C)no3)c(=O)n(Cc3ccc(Cl)cc3)c2=O)c1. The van der Waals surface area contributed by atoms with E-state index < -0.39 is 11.2 Å². The Bertz CT molecular complexity index is 1420. The zero-order chi connectivity index (χ0) is 22.8. The maximum atomic E-state index is 13.3. The Morgan fingerprint density at radius 3 is 2.56 bits per heavy atom. The van der Waals surface area contributed by atoms with E-state index in [-0.39, 0.29) is 24.0 Å². The first-order valence-corrected chi connectivity index (χ1v) is 9.87. The van der Waals surface area contributed by atoms with E-state index >= 15 is 0 Å². The predicted molar refractivity (Wildman–Crippen MR) is 117 cm³/mol. The molecule has 0 aliphatic heterocycles. The number of halogens is 1. The fraction of sp³-hybridized carbons (Fsp3) is 0.143. The molecule has 0 radical (unpaired) electrons. The third-order valence-corrected chi connectivity index (χ3v) is 4.71. The molecular weight excluding hydrogens is 436 g/mol. The molecule has 32 heavy (non-hydrogen) atoms. The highest BCUT2D eigenvalue weighted by Gasteiger charge is 2.20. The lowest BCUT2D eigenvalue weighted by molar-refractivity contribution is -0.114. The first kappa shape index (κ1) is 21.2. The number of hydrogen-bond donors (Lipinski definition) is 1. The molecule has 4 aromatic rings.